The van der Waals surface area contributed by atoms with Crippen LogP contribution in [-0.4, -0.2) is 47.1 Å². The third-order valence-corrected chi connectivity index (χ3v) is 6.73. The van der Waals surface area contributed by atoms with Gasteiger partial charge in [-0.2, -0.15) is 11.8 Å². The average molecular weight is 268 g/mol. The predicted octanol–water partition coefficient (Wildman–Crippen LogP) is 2.88. The molecule has 2 nitrogen and oxygen atoms in total. The van der Waals surface area contributed by atoms with Gasteiger partial charge in [0.05, 0.1) is 0 Å². The zero-order chi connectivity index (χ0) is 12.6. The van der Waals surface area contributed by atoms with E-state index in [1.807, 2.05) is 0 Å². The first-order valence-electron chi connectivity index (χ1n) is 7.80. The molecule has 1 N–H and O–H groups in total. The highest BCUT2D eigenvalue weighted by molar-refractivity contribution is 8.00. The second-order valence-electron chi connectivity index (χ2n) is 6.52. The Kier molecular flexibility index (Phi) is 3.93. The van der Waals surface area contributed by atoms with Gasteiger partial charge in [-0.25, -0.2) is 0 Å². The Hall–Kier alpha value is 0.270. The van der Waals surface area contributed by atoms with Crippen LogP contribution in [0.25, 0.3) is 0 Å². The van der Waals surface area contributed by atoms with Crippen molar-refractivity contribution < 1.29 is 0 Å². The summed E-state index contributed by atoms with van der Waals surface area (Å²) in [6.45, 7) is 4.76. The summed E-state index contributed by atoms with van der Waals surface area (Å²) in [5.74, 6) is 0. The van der Waals surface area contributed by atoms with Crippen LogP contribution in [0.1, 0.15) is 51.9 Å². The van der Waals surface area contributed by atoms with Crippen LogP contribution in [0.5, 0.6) is 0 Å². The second kappa shape index (κ2) is 5.34. The van der Waals surface area contributed by atoms with Gasteiger partial charge in [-0.05, 0) is 51.3 Å². The van der Waals surface area contributed by atoms with Crippen molar-refractivity contribution >= 4 is 11.8 Å². The molecule has 1 aliphatic carbocycles. The lowest BCUT2D eigenvalue weighted by molar-refractivity contribution is 0.0239. The molecule has 2 bridgehead atoms. The van der Waals surface area contributed by atoms with Crippen molar-refractivity contribution in [2.45, 2.75) is 74.7 Å². The van der Waals surface area contributed by atoms with Gasteiger partial charge in [0.2, 0.25) is 0 Å². The summed E-state index contributed by atoms with van der Waals surface area (Å²) in [7, 11) is 0. The van der Waals surface area contributed by atoms with Crippen molar-refractivity contribution in [3.05, 3.63) is 0 Å². The molecule has 2 saturated heterocycles. The van der Waals surface area contributed by atoms with Crippen molar-refractivity contribution in [2.24, 2.45) is 0 Å². The lowest BCUT2D eigenvalue weighted by Crippen LogP contribution is -2.57. The number of piperidine rings is 2. The van der Waals surface area contributed by atoms with E-state index >= 15 is 0 Å². The molecular weight excluding hydrogens is 240 g/mol. The SMILES string of the molecule is CCNC1CC2CCCC(C1)N2CC1(SC)CC1. The maximum absolute atomic E-state index is 3.69. The molecular formula is C15H28N2S. The first-order chi connectivity index (χ1) is 8.76. The fraction of sp³-hybridized carbons (Fsp3) is 1.00. The number of rotatable bonds is 5. The third kappa shape index (κ3) is 2.59. The smallest absolute Gasteiger partial charge is 0.0285 e. The van der Waals surface area contributed by atoms with Crippen molar-refractivity contribution in [1.29, 1.82) is 0 Å². The van der Waals surface area contributed by atoms with E-state index in [-0.39, 0.29) is 0 Å². The van der Waals surface area contributed by atoms with Crippen molar-refractivity contribution in [3.8, 4) is 0 Å². The molecule has 2 unspecified atom stereocenters. The summed E-state index contributed by atoms with van der Waals surface area (Å²) in [4.78, 5) is 2.90. The lowest BCUT2D eigenvalue weighted by Gasteiger charge is -2.50. The van der Waals surface area contributed by atoms with Crippen LogP contribution in [0.15, 0.2) is 0 Å². The fourth-order valence-corrected chi connectivity index (χ4v) is 4.88. The molecule has 3 fully saturated rings. The Balaban J connectivity index is 1.64. The quantitative estimate of drug-likeness (QED) is 0.825. The Morgan fingerprint density at radius 2 is 1.89 bits per heavy atom. The van der Waals surface area contributed by atoms with E-state index in [0.717, 1.165) is 24.7 Å². The highest BCUT2D eigenvalue weighted by Crippen LogP contribution is 2.49. The topological polar surface area (TPSA) is 15.3 Å². The molecule has 3 rings (SSSR count). The molecule has 2 aliphatic heterocycles. The highest BCUT2D eigenvalue weighted by Gasteiger charge is 2.47. The number of hydrogen-bond acceptors (Lipinski definition) is 3. The van der Waals surface area contributed by atoms with E-state index in [4.69, 9.17) is 0 Å². The van der Waals surface area contributed by atoms with Gasteiger partial charge in [0.25, 0.3) is 0 Å². The van der Waals surface area contributed by atoms with E-state index in [0.29, 0.717) is 4.75 Å². The summed E-state index contributed by atoms with van der Waals surface area (Å²) in [5.41, 5.74) is 0. The van der Waals surface area contributed by atoms with E-state index < -0.39 is 0 Å². The Morgan fingerprint density at radius 1 is 1.22 bits per heavy atom. The zero-order valence-electron chi connectivity index (χ0n) is 12.0. The van der Waals surface area contributed by atoms with Gasteiger partial charge in [-0.15, -0.1) is 0 Å². The van der Waals surface area contributed by atoms with E-state index in [1.54, 1.807) is 0 Å². The van der Waals surface area contributed by atoms with Crippen LogP contribution in [-0.2, 0) is 0 Å². The number of nitrogens with zero attached hydrogens (tertiary/aromatic N) is 1. The summed E-state index contributed by atoms with van der Waals surface area (Å²) < 4.78 is 0.652. The van der Waals surface area contributed by atoms with Crippen LogP contribution >= 0.6 is 11.8 Å². The van der Waals surface area contributed by atoms with Gasteiger partial charge in [-0.3, -0.25) is 4.90 Å². The maximum atomic E-state index is 3.69. The van der Waals surface area contributed by atoms with Gasteiger partial charge in [0.1, 0.15) is 0 Å². The van der Waals surface area contributed by atoms with E-state index in [9.17, 15) is 0 Å². The lowest BCUT2D eigenvalue weighted by atomic mass is 9.81. The normalized spacial score (nSPS) is 38.7. The van der Waals surface area contributed by atoms with Crippen molar-refractivity contribution in [3.63, 3.8) is 0 Å². The second-order valence-corrected chi connectivity index (χ2v) is 7.80. The van der Waals surface area contributed by atoms with Gasteiger partial charge >= 0.3 is 0 Å². The largest absolute Gasteiger partial charge is 0.314 e. The molecule has 1 saturated carbocycles. The number of thioether (sulfide) groups is 1. The molecule has 3 heteroatoms. The minimum absolute atomic E-state index is 0.652. The summed E-state index contributed by atoms with van der Waals surface area (Å²) in [6, 6.07) is 2.56. The standard InChI is InChI=1S/C15H28N2S/c1-3-16-12-9-13-5-4-6-14(10-12)17(13)11-15(18-2)7-8-15/h12-14,16H,3-11H2,1-2H3. The van der Waals surface area contributed by atoms with Gasteiger partial charge in [0.15, 0.2) is 0 Å². The number of hydrogen-bond donors (Lipinski definition) is 1. The van der Waals surface area contributed by atoms with Crippen LogP contribution in [0.2, 0.25) is 0 Å². The average Bonchev–Trinajstić information content (AvgIpc) is 3.11. The van der Waals surface area contributed by atoms with Crippen LogP contribution in [0, 0.1) is 0 Å². The Labute approximate surface area is 116 Å². The van der Waals surface area contributed by atoms with Crippen LogP contribution < -0.4 is 5.32 Å². The van der Waals surface area contributed by atoms with E-state index in [2.05, 4.69) is 35.2 Å². The van der Waals surface area contributed by atoms with Gasteiger partial charge < -0.3 is 5.32 Å². The molecule has 0 aromatic carbocycles. The molecule has 0 amide bonds. The maximum Gasteiger partial charge on any atom is 0.0285 e. The molecule has 2 heterocycles. The van der Waals surface area contributed by atoms with E-state index in [1.165, 1.54) is 51.5 Å². The number of fused-ring (bicyclic) bond motifs is 2. The number of nitrogens with one attached hydrogen (secondary N) is 1. The van der Waals surface area contributed by atoms with Gasteiger partial charge in [-0.1, -0.05) is 13.3 Å². The highest BCUT2D eigenvalue weighted by atomic mass is 32.2. The monoisotopic (exact) mass is 268 g/mol. The molecule has 0 radical (unpaired) electrons. The summed E-state index contributed by atoms with van der Waals surface area (Å²) >= 11 is 2.12. The fourth-order valence-electron chi connectivity index (χ4n) is 4.09. The van der Waals surface area contributed by atoms with Crippen LogP contribution in [0.3, 0.4) is 0 Å². The first-order valence-corrected chi connectivity index (χ1v) is 9.03. The van der Waals surface area contributed by atoms with Crippen molar-refractivity contribution in [2.75, 3.05) is 19.3 Å². The third-order valence-electron chi connectivity index (χ3n) is 5.33. The minimum Gasteiger partial charge on any atom is -0.314 e. The molecule has 0 spiro atoms. The summed E-state index contributed by atoms with van der Waals surface area (Å²) in [6.07, 6.45) is 12.4. The molecule has 0 aromatic rings. The first kappa shape index (κ1) is 13.3. The molecule has 3 aliphatic rings. The molecule has 2 atom stereocenters. The van der Waals surface area contributed by atoms with Gasteiger partial charge in [0, 0.05) is 29.4 Å². The predicted molar refractivity (Wildman–Crippen MR) is 80.3 cm³/mol. The molecule has 0 aromatic heterocycles. The zero-order valence-corrected chi connectivity index (χ0v) is 12.8. The summed E-state index contributed by atoms with van der Waals surface area (Å²) in [5, 5.41) is 3.69. The van der Waals surface area contributed by atoms with Crippen molar-refractivity contribution in [1.82, 2.24) is 10.2 Å². The molecule has 104 valence electrons. The minimum atomic E-state index is 0.652. The molecule has 18 heavy (non-hydrogen) atoms. The Bertz CT molecular complexity index is 276. The van der Waals surface area contributed by atoms with Crippen LogP contribution in [0.4, 0.5) is 0 Å². The Morgan fingerprint density at radius 3 is 2.39 bits per heavy atom.